The van der Waals surface area contributed by atoms with Gasteiger partial charge in [0.2, 0.25) is 0 Å². The Morgan fingerprint density at radius 2 is 1.88 bits per heavy atom. The van der Waals surface area contributed by atoms with Gasteiger partial charge >= 0.3 is 0 Å². The van der Waals surface area contributed by atoms with E-state index in [-0.39, 0.29) is 17.4 Å². The van der Waals surface area contributed by atoms with Crippen LogP contribution < -0.4 is 0 Å². The predicted octanol–water partition coefficient (Wildman–Crippen LogP) is 1.95. The molecule has 1 atom stereocenters. The molecular weight excluding hydrogens is 264 g/mol. The average Bonchev–Trinajstić information content (AvgIpc) is 2.31. The molecule has 0 saturated carbocycles. The van der Waals surface area contributed by atoms with Crippen LogP contribution in [0.2, 0.25) is 0 Å². The summed E-state index contributed by atoms with van der Waals surface area (Å²) in [4.78, 5) is 0.132. The summed E-state index contributed by atoms with van der Waals surface area (Å²) in [5.41, 5.74) is 0.986. The molecule has 1 aromatic rings. The van der Waals surface area contributed by atoms with E-state index in [0.717, 1.165) is 5.56 Å². The van der Waals surface area contributed by atoms with Gasteiger partial charge in [-0.15, -0.1) is 11.6 Å². The monoisotopic (exact) mass is 278 g/mol. The maximum absolute atomic E-state index is 11.8. The van der Waals surface area contributed by atoms with Crippen LogP contribution in [-0.4, -0.2) is 34.1 Å². The lowest BCUT2D eigenvalue weighted by Gasteiger charge is -2.12. The Labute approximate surface area is 107 Å². The smallest absolute Gasteiger partial charge is 0.297 e. The fraction of sp³-hybridized carbons (Fsp3) is 0.455. The van der Waals surface area contributed by atoms with E-state index in [0.29, 0.717) is 0 Å². The zero-order valence-corrected chi connectivity index (χ0v) is 11.3. The maximum atomic E-state index is 11.8. The van der Waals surface area contributed by atoms with Gasteiger partial charge in [0.15, 0.2) is 0 Å². The van der Waals surface area contributed by atoms with E-state index >= 15 is 0 Å². The summed E-state index contributed by atoms with van der Waals surface area (Å²) in [6.45, 7) is 1.79. The topological polar surface area (TPSA) is 52.6 Å². The van der Waals surface area contributed by atoms with Gasteiger partial charge in [-0.1, -0.05) is 17.7 Å². The molecule has 4 nitrogen and oxygen atoms in total. The van der Waals surface area contributed by atoms with Crippen molar-refractivity contribution >= 4 is 21.7 Å². The van der Waals surface area contributed by atoms with Gasteiger partial charge in [-0.2, -0.15) is 8.42 Å². The molecule has 1 aromatic carbocycles. The molecule has 17 heavy (non-hydrogen) atoms. The molecule has 0 aliphatic heterocycles. The Kier molecular flexibility index (Phi) is 5.39. The molecule has 0 saturated heterocycles. The van der Waals surface area contributed by atoms with Gasteiger partial charge in [-0.3, -0.25) is 4.18 Å². The van der Waals surface area contributed by atoms with Gasteiger partial charge < -0.3 is 4.74 Å². The number of rotatable bonds is 6. The van der Waals surface area contributed by atoms with E-state index in [2.05, 4.69) is 0 Å². The summed E-state index contributed by atoms with van der Waals surface area (Å²) >= 11 is 5.56. The van der Waals surface area contributed by atoms with Crippen molar-refractivity contribution < 1.29 is 17.3 Å². The van der Waals surface area contributed by atoms with Gasteiger partial charge in [0.25, 0.3) is 10.1 Å². The number of methoxy groups -OCH3 is 1. The van der Waals surface area contributed by atoms with Crippen molar-refractivity contribution in [2.45, 2.75) is 17.9 Å². The van der Waals surface area contributed by atoms with Crippen molar-refractivity contribution in [1.82, 2.24) is 0 Å². The first kappa shape index (κ1) is 14.4. The number of benzene rings is 1. The quantitative estimate of drug-likeness (QED) is 0.590. The molecule has 0 aliphatic rings. The fourth-order valence-corrected chi connectivity index (χ4v) is 2.27. The molecule has 1 rings (SSSR count). The summed E-state index contributed by atoms with van der Waals surface area (Å²) < 4.78 is 33.3. The minimum atomic E-state index is -3.73. The van der Waals surface area contributed by atoms with Crippen LogP contribution in [0.25, 0.3) is 0 Å². The van der Waals surface area contributed by atoms with Gasteiger partial charge in [0, 0.05) is 7.11 Å². The highest BCUT2D eigenvalue weighted by Crippen LogP contribution is 2.13. The standard InChI is InChI=1S/C11H15ClO4S/c1-9-3-5-11(6-4-9)17(13,14)16-8-10(7-12)15-2/h3-6,10H,7-8H2,1-2H3. The molecule has 0 N–H and O–H groups in total. The van der Waals surface area contributed by atoms with Gasteiger partial charge in [-0.05, 0) is 19.1 Å². The molecule has 0 spiro atoms. The van der Waals surface area contributed by atoms with E-state index in [1.54, 1.807) is 12.1 Å². The molecule has 0 heterocycles. The van der Waals surface area contributed by atoms with Gasteiger partial charge in [0.05, 0.1) is 23.5 Å². The minimum Gasteiger partial charge on any atom is -0.378 e. The molecule has 0 aliphatic carbocycles. The van der Waals surface area contributed by atoms with Crippen molar-refractivity contribution in [3.8, 4) is 0 Å². The van der Waals surface area contributed by atoms with Crippen LogP contribution >= 0.6 is 11.6 Å². The summed E-state index contributed by atoms with van der Waals surface area (Å²) in [7, 11) is -2.28. The van der Waals surface area contributed by atoms with Gasteiger partial charge in [0.1, 0.15) is 0 Å². The zero-order valence-electron chi connectivity index (χ0n) is 9.72. The number of halogens is 1. The van der Waals surface area contributed by atoms with Crippen LogP contribution in [0.1, 0.15) is 5.56 Å². The van der Waals surface area contributed by atoms with E-state index in [1.165, 1.54) is 19.2 Å². The Balaban J connectivity index is 2.72. The first-order chi connectivity index (χ1) is 7.99. The van der Waals surface area contributed by atoms with E-state index in [9.17, 15) is 8.42 Å². The van der Waals surface area contributed by atoms with Crippen LogP contribution in [0.4, 0.5) is 0 Å². The second kappa shape index (κ2) is 6.35. The number of aryl methyl sites for hydroxylation is 1. The van der Waals surface area contributed by atoms with Crippen molar-refractivity contribution in [2.75, 3.05) is 19.6 Å². The Bertz CT molecular complexity index is 437. The predicted molar refractivity (Wildman–Crippen MR) is 65.8 cm³/mol. The first-order valence-electron chi connectivity index (χ1n) is 5.04. The third kappa shape index (κ3) is 4.27. The van der Waals surface area contributed by atoms with Crippen molar-refractivity contribution in [1.29, 1.82) is 0 Å². The third-order valence-corrected chi connectivity index (χ3v) is 3.86. The first-order valence-corrected chi connectivity index (χ1v) is 6.98. The van der Waals surface area contributed by atoms with Crippen LogP contribution in [0, 0.1) is 6.92 Å². The largest absolute Gasteiger partial charge is 0.378 e. The van der Waals surface area contributed by atoms with E-state index < -0.39 is 16.2 Å². The highest BCUT2D eigenvalue weighted by atomic mass is 35.5. The van der Waals surface area contributed by atoms with E-state index in [4.69, 9.17) is 20.5 Å². The van der Waals surface area contributed by atoms with Crippen molar-refractivity contribution in [2.24, 2.45) is 0 Å². The summed E-state index contributed by atoms with van der Waals surface area (Å²) in [6.07, 6.45) is -0.433. The summed E-state index contributed by atoms with van der Waals surface area (Å²) in [5.74, 6) is 0.180. The number of alkyl halides is 1. The highest BCUT2D eigenvalue weighted by molar-refractivity contribution is 7.86. The molecular formula is C11H15ClO4S. The van der Waals surface area contributed by atoms with Crippen LogP contribution in [0.5, 0.6) is 0 Å². The average molecular weight is 279 g/mol. The van der Waals surface area contributed by atoms with Gasteiger partial charge in [-0.25, -0.2) is 0 Å². The summed E-state index contributed by atoms with van der Waals surface area (Å²) in [5, 5.41) is 0. The highest BCUT2D eigenvalue weighted by Gasteiger charge is 2.17. The Morgan fingerprint density at radius 1 is 1.29 bits per heavy atom. The van der Waals surface area contributed by atoms with Crippen LogP contribution in [0.15, 0.2) is 29.2 Å². The fourth-order valence-electron chi connectivity index (χ4n) is 1.11. The molecule has 96 valence electrons. The molecule has 0 amide bonds. The maximum Gasteiger partial charge on any atom is 0.297 e. The zero-order chi connectivity index (χ0) is 12.9. The lowest BCUT2D eigenvalue weighted by Crippen LogP contribution is -2.22. The minimum absolute atomic E-state index is 0.0871. The second-order valence-corrected chi connectivity index (χ2v) is 5.49. The Morgan fingerprint density at radius 3 is 2.35 bits per heavy atom. The van der Waals surface area contributed by atoms with Crippen molar-refractivity contribution in [3.63, 3.8) is 0 Å². The molecule has 0 fully saturated rings. The lowest BCUT2D eigenvalue weighted by atomic mass is 10.2. The third-order valence-electron chi connectivity index (χ3n) is 2.22. The lowest BCUT2D eigenvalue weighted by molar-refractivity contribution is 0.0764. The SMILES string of the molecule is COC(CCl)COS(=O)(=O)c1ccc(C)cc1. The van der Waals surface area contributed by atoms with E-state index in [1.807, 2.05) is 6.92 Å². The van der Waals surface area contributed by atoms with Crippen molar-refractivity contribution in [3.05, 3.63) is 29.8 Å². The molecule has 6 heteroatoms. The second-order valence-electron chi connectivity index (χ2n) is 3.56. The molecule has 0 bridgehead atoms. The summed E-state index contributed by atoms with van der Waals surface area (Å²) in [6, 6.07) is 6.44. The molecule has 0 radical (unpaired) electrons. The number of hydrogen-bond donors (Lipinski definition) is 0. The Hall–Kier alpha value is -0.620. The molecule has 1 unspecified atom stereocenters. The van der Waals surface area contributed by atoms with Crippen LogP contribution in [-0.2, 0) is 19.0 Å². The van der Waals surface area contributed by atoms with Crippen LogP contribution in [0.3, 0.4) is 0 Å². The molecule has 0 aromatic heterocycles. The number of hydrogen-bond acceptors (Lipinski definition) is 4. The number of ether oxygens (including phenoxy) is 1. The normalized spacial score (nSPS) is 13.6.